The topological polar surface area (TPSA) is 78.2 Å². The van der Waals surface area contributed by atoms with Crippen LogP contribution in [0, 0.1) is 15.9 Å². The number of halogens is 2. The smallest absolute Gasteiger partial charge is 0.322 e. The molecule has 2 rings (SSSR count). The minimum Gasteiger partial charge on any atom is -0.424 e. The predicted octanol–water partition coefficient (Wildman–Crippen LogP) is 3.08. The summed E-state index contributed by atoms with van der Waals surface area (Å²) in [5.74, 6) is -0.294. The first-order valence-electron chi connectivity index (χ1n) is 4.65. The van der Waals surface area contributed by atoms with E-state index in [0.717, 1.165) is 18.5 Å². The van der Waals surface area contributed by atoms with Gasteiger partial charge in [-0.15, -0.1) is 0 Å². The third-order valence-corrected chi connectivity index (χ3v) is 2.33. The molecule has 0 aliphatic heterocycles. The molecule has 0 fully saturated rings. The highest BCUT2D eigenvalue weighted by Crippen LogP contribution is 2.24. The Morgan fingerprint density at radius 1 is 1.28 bits per heavy atom. The van der Waals surface area contributed by atoms with Crippen LogP contribution in [0.5, 0.6) is 11.8 Å². The first kappa shape index (κ1) is 12.4. The van der Waals surface area contributed by atoms with Crippen molar-refractivity contribution in [3.63, 3.8) is 0 Å². The molecule has 0 aliphatic rings. The molecule has 1 aromatic heterocycles. The van der Waals surface area contributed by atoms with Gasteiger partial charge in [-0.1, -0.05) is 15.9 Å². The maximum atomic E-state index is 13.1. The number of hydrogen-bond acceptors (Lipinski definition) is 5. The zero-order valence-electron chi connectivity index (χ0n) is 8.71. The largest absolute Gasteiger partial charge is 0.424 e. The van der Waals surface area contributed by atoms with Crippen LogP contribution in [0.25, 0.3) is 0 Å². The van der Waals surface area contributed by atoms with Gasteiger partial charge in [0.2, 0.25) is 0 Å². The van der Waals surface area contributed by atoms with Crippen LogP contribution in [0.15, 0.2) is 35.1 Å². The van der Waals surface area contributed by atoms with Crippen LogP contribution in [-0.2, 0) is 0 Å². The second kappa shape index (κ2) is 5.05. The van der Waals surface area contributed by atoms with Crippen molar-refractivity contribution in [2.75, 3.05) is 0 Å². The third kappa shape index (κ3) is 2.98. The minimum absolute atomic E-state index is 0.0990. The van der Waals surface area contributed by atoms with Gasteiger partial charge in [0.1, 0.15) is 24.0 Å². The molecule has 92 valence electrons. The van der Waals surface area contributed by atoms with Crippen molar-refractivity contribution in [2.24, 2.45) is 0 Å². The van der Waals surface area contributed by atoms with Gasteiger partial charge in [0.25, 0.3) is 0 Å². The van der Waals surface area contributed by atoms with Gasteiger partial charge in [-0.2, -0.15) is 9.97 Å². The molecule has 0 radical (unpaired) electrons. The number of aromatic nitrogens is 2. The zero-order valence-corrected chi connectivity index (χ0v) is 10.3. The van der Waals surface area contributed by atoms with E-state index in [2.05, 4.69) is 25.9 Å². The number of rotatable bonds is 3. The van der Waals surface area contributed by atoms with Crippen LogP contribution in [0.4, 0.5) is 10.1 Å². The summed E-state index contributed by atoms with van der Waals surface area (Å²) in [5, 5.41) is 10.4. The fourth-order valence-electron chi connectivity index (χ4n) is 1.15. The Balaban J connectivity index is 2.20. The molecule has 8 heteroatoms. The number of nitro groups is 1. The average molecular weight is 314 g/mol. The Hall–Kier alpha value is -2.09. The number of nitrogens with zero attached hydrogens (tertiary/aromatic N) is 3. The van der Waals surface area contributed by atoms with E-state index in [9.17, 15) is 14.5 Å². The van der Waals surface area contributed by atoms with E-state index in [4.69, 9.17) is 4.74 Å². The quantitative estimate of drug-likeness (QED) is 0.642. The molecule has 0 N–H and O–H groups in total. The fraction of sp³-hybridized carbons (Fsp3) is 0. The van der Waals surface area contributed by atoms with Crippen LogP contribution < -0.4 is 4.74 Å². The molecule has 18 heavy (non-hydrogen) atoms. The summed E-state index contributed by atoms with van der Waals surface area (Å²) in [6, 6.07) is 3.84. The Bertz CT molecular complexity index is 571. The fourth-order valence-corrected chi connectivity index (χ4v) is 1.59. The van der Waals surface area contributed by atoms with Crippen molar-refractivity contribution < 1.29 is 14.1 Å². The Kier molecular flexibility index (Phi) is 3.47. The highest BCUT2D eigenvalue weighted by atomic mass is 79.9. The van der Waals surface area contributed by atoms with Gasteiger partial charge in [0, 0.05) is 10.5 Å². The summed E-state index contributed by atoms with van der Waals surface area (Å²) in [6.45, 7) is 0. The SMILES string of the molecule is O=[N+]([O-])c1cnc(Oc2cc(F)cc(Br)c2)nc1. The van der Waals surface area contributed by atoms with Crippen LogP contribution in [0.1, 0.15) is 0 Å². The van der Waals surface area contributed by atoms with E-state index >= 15 is 0 Å². The summed E-state index contributed by atoms with van der Waals surface area (Å²) in [4.78, 5) is 17.0. The molecule has 6 nitrogen and oxygen atoms in total. The molecule has 0 unspecified atom stereocenters. The maximum Gasteiger partial charge on any atom is 0.322 e. The van der Waals surface area contributed by atoms with E-state index < -0.39 is 10.7 Å². The van der Waals surface area contributed by atoms with Crippen LogP contribution in [0.3, 0.4) is 0 Å². The lowest BCUT2D eigenvalue weighted by atomic mass is 10.3. The summed E-state index contributed by atoms with van der Waals surface area (Å²) < 4.78 is 18.7. The van der Waals surface area contributed by atoms with Gasteiger partial charge in [-0.3, -0.25) is 10.1 Å². The predicted molar refractivity (Wildman–Crippen MR) is 62.9 cm³/mol. The standard InChI is InChI=1S/C10H5BrFN3O3/c11-6-1-7(12)3-9(2-6)18-10-13-4-8(5-14-10)15(16)17/h1-5H. The minimum atomic E-state index is -0.622. The van der Waals surface area contributed by atoms with Gasteiger partial charge in [-0.05, 0) is 12.1 Å². The first-order chi connectivity index (χ1) is 8.54. The van der Waals surface area contributed by atoms with Gasteiger partial charge in [0.15, 0.2) is 0 Å². The van der Waals surface area contributed by atoms with Crippen molar-refractivity contribution in [1.29, 1.82) is 0 Å². The van der Waals surface area contributed by atoms with Crippen molar-refractivity contribution in [3.8, 4) is 11.8 Å². The summed E-state index contributed by atoms with van der Waals surface area (Å²) >= 11 is 3.11. The Morgan fingerprint density at radius 2 is 1.94 bits per heavy atom. The van der Waals surface area contributed by atoms with Crippen LogP contribution in [-0.4, -0.2) is 14.9 Å². The summed E-state index contributed by atoms with van der Waals surface area (Å²) in [5.41, 5.74) is -0.247. The highest BCUT2D eigenvalue weighted by Gasteiger charge is 2.08. The molecule has 0 spiro atoms. The third-order valence-electron chi connectivity index (χ3n) is 1.87. The van der Waals surface area contributed by atoms with E-state index in [1.807, 2.05) is 0 Å². The lowest BCUT2D eigenvalue weighted by Crippen LogP contribution is -1.95. The number of benzene rings is 1. The van der Waals surface area contributed by atoms with E-state index in [0.29, 0.717) is 4.47 Å². The molecule has 0 bridgehead atoms. The summed E-state index contributed by atoms with van der Waals surface area (Å²) in [7, 11) is 0. The van der Waals surface area contributed by atoms with Gasteiger partial charge in [-0.25, -0.2) is 4.39 Å². The van der Waals surface area contributed by atoms with Crippen molar-refractivity contribution in [2.45, 2.75) is 0 Å². The molecular formula is C10H5BrFN3O3. The van der Waals surface area contributed by atoms with Gasteiger partial charge >= 0.3 is 11.7 Å². The van der Waals surface area contributed by atoms with Gasteiger partial charge < -0.3 is 4.74 Å². The number of hydrogen-bond donors (Lipinski definition) is 0. The van der Waals surface area contributed by atoms with Crippen molar-refractivity contribution >= 4 is 21.6 Å². The monoisotopic (exact) mass is 313 g/mol. The van der Waals surface area contributed by atoms with Crippen molar-refractivity contribution in [1.82, 2.24) is 9.97 Å². The molecule has 1 heterocycles. The molecule has 1 aromatic carbocycles. The van der Waals surface area contributed by atoms with Crippen LogP contribution >= 0.6 is 15.9 Å². The molecule has 0 amide bonds. The van der Waals surface area contributed by atoms with Crippen LogP contribution in [0.2, 0.25) is 0 Å². The molecule has 0 aliphatic carbocycles. The molecular weight excluding hydrogens is 309 g/mol. The molecule has 2 aromatic rings. The van der Waals surface area contributed by atoms with Crippen molar-refractivity contribution in [3.05, 3.63) is 51.0 Å². The lowest BCUT2D eigenvalue weighted by Gasteiger charge is -2.03. The maximum absolute atomic E-state index is 13.1. The van der Waals surface area contributed by atoms with E-state index in [1.165, 1.54) is 12.1 Å². The van der Waals surface area contributed by atoms with E-state index in [-0.39, 0.29) is 17.4 Å². The average Bonchev–Trinajstić information content (AvgIpc) is 2.28. The molecule has 0 atom stereocenters. The van der Waals surface area contributed by atoms with Gasteiger partial charge in [0.05, 0.1) is 4.92 Å². The zero-order chi connectivity index (χ0) is 13.1. The molecule has 0 saturated carbocycles. The lowest BCUT2D eigenvalue weighted by molar-refractivity contribution is -0.385. The first-order valence-corrected chi connectivity index (χ1v) is 5.44. The normalized spacial score (nSPS) is 10.1. The highest BCUT2D eigenvalue weighted by molar-refractivity contribution is 9.10. The van der Waals surface area contributed by atoms with E-state index in [1.54, 1.807) is 0 Å². The Morgan fingerprint density at radius 3 is 2.50 bits per heavy atom. The second-order valence-corrected chi connectivity index (χ2v) is 4.10. The Labute approximate surface area is 109 Å². The number of ether oxygens (including phenoxy) is 1. The second-order valence-electron chi connectivity index (χ2n) is 3.19. The summed E-state index contributed by atoms with van der Waals surface area (Å²) in [6.07, 6.45) is 2.02. The molecule has 0 saturated heterocycles.